The standard InChI is InChI=1S/C16H30O2/c1-3-5-6-7-8-9-10-15(17)13-14(4-2)16-11-12-18-16/h14,16H,3-13H2,1-2H3. The molecule has 0 aromatic carbocycles. The molecule has 0 aromatic heterocycles. The van der Waals surface area contributed by atoms with Crippen LogP contribution < -0.4 is 0 Å². The lowest BCUT2D eigenvalue weighted by Crippen LogP contribution is -2.35. The van der Waals surface area contributed by atoms with E-state index in [1.165, 1.54) is 32.1 Å². The maximum Gasteiger partial charge on any atom is 0.133 e. The highest BCUT2D eigenvalue weighted by molar-refractivity contribution is 5.78. The number of carbonyl (C=O) groups excluding carboxylic acids is 1. The summed E-state index contributed by atoms with van der Waals surface area (Å²) < 4.78 is 5.50. The van der Waals surface area contributed by atoms with E-state index in [4.69, 9.17) is 4.74 Å². The predicted octanol–water partition coefficient (Wildman–Crippen LogP) is 4.51. The maximum atomic E-state index is 11.9. The number of hydrogen-bond donors (Lipinski definition) is 0. The van der Waals surface area contributed by atoms with E-state index in [2.05, 4.69) is 13.8 Å². The Labute approximate surface area is 112 Å². The van der Waals surface area contributed by atoms with Gasteiger partial charge in [0.05, 0.1) is 6.10 Å². The molecule has 0 radical (unpaired) electrons. The molecular weight excluding hydrogens is 224 g/mol. The third-order valence-electron chi connectivity index (χ3n) is 4.08. The largest absolute Gasteiger partial charge is 0.378 e. The zero-order chi connectivity index (χ0) is 13.2. The van der Waals surface area contributed by atoms with Crippen molar-refractivity contribution in [3.05, 3.63) is 0 Å². The zero-order valence-corrected chi connectivity index (χ0v) is 12.2. The predicted molar refractivity (Wildman–Crippen MR) is 75.8 cm³/mol. The van der Waals surface area contributed by atoms with Gasteiger partial charge in [0.2, 0.25) is 0 Å². The fourth-order valence-corrected chi connectivity index (χ4v) is 2.66. The monoisotopic (exact) mass is 254 g/mol. The van der Waals surface area contributed by atoms with Crippen molar-refractivity contribution in [3.63, 3.8) is 0 Å². The van der Waals surface area contributed by atoms with Crippen molar-refractivity contribution in [2.75, 3.05) is 6.61 Å². The molecule has 2 heteroatoms. The molecule has 2 unspecified atom stereocenters. The molecule has 1 fully saturated rings. The van der Waals surface area contributed by atoms with E-state index in [1.807, 2.05) is 0 Å². The van der Waals surface area contributed by atoms with Gasteiger partial charge in [-0.1, -0.05) is 52.4 Å². The summed E-state index contributed by atoms with van der Waals surface area (Å²) in [5.41, 5.74) is 0. The van der Waals surface area contributed by atoms with Gasteiger partial charge in [0.25, 0.3) is 0 Å². The molecular formula is C16H30O2. The second kappa shape index (κ2) is 9.55. The summed E-state index contributed by atoms with van der Waals surface area (Å²) in [5, 5.41) is 0. The van der Waals surface area contributed by atoms with Crippen molar-refractivity contribution >= 4 is 5.78 Å². The molecule has 2 nitrogen and oxygen atoms in total. The zero-order valence-electron chi connectivity index (χ0n) is 12.2. The van der Waals surface area contributed by atoms with Crippen LogP contribution >= 0.6 is 0 Å². The highest BCUT2D eigenvalue weighted by Gasteiger charge is 2.28. The van der Waals surface area contributed by atoms with Crippen molar-refractivity contribution in [1.29, 1.82) is 0 Å². The van der Waals surface area contributed by atoms with E-state index < -0.39 is 0 Å². The Bertz CT molecular complexity index is 221. The van der Waals surface area contributed by atoms with E-state index in [0.29, 0.717) is 17.8 Å². The lowest BCUT2D eigenvalue weighted by molar-refractivity contribution is -0.126. The molecule has 0 aliphatic carbocycles. The van der Waals surface area contributed by atoms with Crippen molar-refractivity contribution in [2.45, 2.75) is 84.2 Å². The first-order valence-electron chi connectivity index (χ1n) is 7.91. The molecule has 1 aliphatic rings. The number of rotatable bonds is 11. The molecule has 0 N–H and O–H groups in total. The Balaban J connectivity index is 2.01. The lowest BCUT2D eigenvalue weighted by Gasteiger charge is -2.33. The topological polar surface area (TPSA) is 26.3 Å². The average Bonchev–Trinajstić information content (AvgIpc) is 2.30. The Morgan fingerprint density at radius 3 is 2.39 bits per heavy atom. The van der Waals surface area contributed by atoms with E-state index in [1.54, 1.807) is 0 Å². The Hall–Kier alpha value is -0.370. The summed E-state index contributed by atoms with van der Waals surface area (Å²) in [6.45, 7) is 5.30. The van der Waals surface area contributed by atoms with Gasteiger partial charge < -0.3 is 4.74 Å². The number of ether oxygens (including phenoxy) is 1. The molecule has 0 aromatic rings. The molecule has 18 heavy (non-hydrogen) atoms. The summed E-state index contributed by atoms with van der Waals surface area (Å²) in [6.07, 6.45) is 11.7. The molecule has 2 atom stereocenters. The molecule has 0 spiro atoms. The summed E-state index contributed by atoms with van der Waals surface area (Å²) in [6, 6.07) is 0. The average molecular weight is 254 g/mol. The van der Waals surface area contributed by atoms with Gasteiger partial charge in [-0.3, -0.25) is 4.79 Å². The minimum absolute atomic E-state index is 0.378. The normalized spacial score (nSPS) is 20.4. The number of ketones is 1. The summed E-state index contributed by atoms with van der Waals surface area (Å²) >= 11 is 0. The first kappa shape index (κ1) is 15.7. The van der Waals surface area contributed by atoms with E-state index in [-0.39, 0.29) is 0 Å². The van der Waals surface area contributed by atoms with Crippen molar-refractivity contribution < 1.29 is 9.53 Å². The van der Waals surface area contributed by atoms with Gasteiger partial charge >= 0.3 is 0 Å². The first-order valence-corrected chi connectivity index (χ1v) is 7.91. The van der Waals surface area contributed by atoms with Crippen molar-refractivity contribution in [3.8, 4) is 0 Å². The van der Waals surface area contributed by atoms with E-state index >= 15 is 0 Å². The molecule has 1 aliphatic heterocycles. The second-order valence-corrected chi connectivity index (χ2v) is 5.63. The van der Waals surface area contributed by atoms with Crippen LogP contribution in [0.1, 0.15) is 78.1 Å². The van der Waals surface area contributed by atoms with Gasteiger partial charge in [0.15, 0.2) is 0 Å². The van der Waals surface area contributed by atoms with Crippen LogP contribution in [0.15, 0.2) is 0 Å². The third-order valence-corrected chi connectivity index (χ3v) is 4.08. The van der Waals surface area contributed by atoms with E-state index in [9.17, 15) is 4.79 Å². The molecule has 0 amide bonds. The van der Waals surface area contributed by atoms with Gasteiger partial charge in [-0.15, -0.1) is 0 Å². The smallest absolute Gasteiger partial charge is 0.133 e. The fraction of sp³-hybridized carbons (Fsp3) is 0.938. The van der Waals surface area contributed by atoms with Gasteiger partial charge in [-0.05, 0) is 18.8 Å². The molecule has 0 saturated carbocycles. The van der Waals surface area contributed by atoms with Gasteiger partial charge in [-0.25, -0.2) is 0 Å². The number of carbonyl (C=O) groups is 1. The Morgan fingerprint density at radius 2 is 1.83 bits per heavy atom. The van der Waals surface area contributed by atoms with Crippen LogP contribution in [0.3, 0.4) is 0 Å². The minimum atomic E-state index is 0.378. The quantitative estimate of drug-likeness (QED) is 0.507. The van der Waals surface area contributed by atoms with Crippen LogP contribution in [0.25, 0.3) is 0 Å². The van der Waals surface area contributed by atoms with Crippen LogP contribution in [0.2, 0.25) is 0 Å². The maximum absolute atomic E-state index is 11.9. The highest BCUT2D eigenvalue weighted by atomic mass is 16.5. The first-order chi connectivity index (χ1) is 8.77. The van der Waals surface area contributed by atoms with Crippen molar-refractivity contribution in [1.82, 2.24) is 0 Å². The number of unbranched alkanes of at least 4 members (excludes halogenated alkanes) is 5. The van der Waals surface area contributed by atoms with Gasteiger partial charge in [0.1, 0.15) is 5.78 Å². The molecule has 1 heterocycles. The number of hydrogen-bond acceptors (Lipinski definition) is 2. The molecule has 1 rings (SSSR count). The van der Waals surface area contributed by atoms with Gasteiger partial charge in [-0.2, -0.15) is 0 Å². The Morgan fingerprint density at radius 1 is 1.17 bits per heavy atom. The van der Waals surface area contributed by atoms with E-state index in [0.717, 1.165) is 38.7 Å². The van der Waals surface area contributed by atoms with Crippen LogP contribution in [0.5, 0.6) is 0 Å². The molecule has 106 valence electrons. The van der Waals surface area contributed by atoms with Crippen LogP contribution in [-0.4, -0.2) is 18.5 Å². The van der Waals surface area contributed by atoms with Gasteiger partial charge in [0, 0.05) is 19.4 Å². The summed E-state index contributed by atoms with van der Waals surface area (Å²) in [4.78, 5) is 11.9. The second-order valence-electron chi connectivity index (χ2n) is 5.63. The van der Waals surface area contributed by atoms with Crippen LogP contribution in [-0.2, 0) is 9.53 Å². The molecule has 0 bridgehead atoms. The van der Waals surface area contributed by atoms with Crippen LogP contribution in [0, 0.1) is 5.92 Å². The number of Topliss-reactive ketones (excluding diaryl/α,β-unsaturated/α-hetero) is 1. The van der Waals surface area contributed by atoms with Crippen molar-refractivity contribution in [2.24, 2.45) is 5.92 Å². The highest BCUT2D eigenvalue weighted by Crippen LogP contribution is 2.26. The third kappa shape index (κ3) is 5.99. The lowest BCUT2D eigenvalue weighted by atomic mass is 9.88. The Kier molecular flexibility index (Phi) is 8.32. The molecule has 1 saturated heterocycles. The SMILES string of the molecule is CCCCCCCCC(=O)CC(CC)C1CCO1. The summed E-state index contributed by atoms with van der Waals surface area (Å²) in [5.74, 6) is 0.930. The fourth-order valence-electron chi connectivity index (χ4n) is 2.66. The summed E-state index contributed by atoms with van der Waals surface area (Å²) in [7, 11) is 0. The minimum Gasteiger partial charge on any atom is -0.378 e. The van der Waals surface area contributed by atoms with Crippen LogP contribution in [0.4, 0.5) is 0 Å².